The lowest BCUT2D eigenvalue weighted by molar-refractivity contribution is 0.393. The molecule has 0 spiro atoms. The SMILES string of the molecule is COc1cc(CCNS(=O)(=O)C(C)C)cc(OC)c1. The van der Waals surface area contributed by atoms with Crippen LogP contribution in [-0.2, 0) is 16.4 Å². The molecule has 1 rings (SSSR count). The van der Waals surface area contributed by atoms with Gasteiger partial charge in [0.15, 0.2) is 0 Å². The van der Waals surface area contributed by atoms with Crippen LogP contribution in [0.25, 0.3) is 0 Å². The second-order valence-electron chi connectivity index (χ2n) is 4.46. The Morgan fingerprint density at radius 2 is 1.63 bits per heavy atom. The van der Waals surface area contributed by atoms with E-state index in [0.29, 0.717) is 24.5 Å². The molecule has 0 aliphatic carbocycles. The fourth-order valence-electron chi connectivity index (χ4n) is 1.51. The molecule has 0 saturated carbocycles. The van der Waals surface area contributed by atoms with E-state index in [4.69, 9.17) is 9.47 Å². The summed E-state index contributed by atoms with van der Waals surface area (Å²) in [7, 11) is -0.0455. The summed E-state index contributed by atoms with van der Waals surface area (Å²) in [5.74, 6) is 1.39. The highest BCUT2D eigenvalue weighted by atomic mass is 32.2. The molecule has 5 nitrogen and oxygen atoms in total. The maximum Gasteiger partial charge on any atom is 0.213 e. The van der Waals surface area contributed by atoms with Crippen molar-refractivity contribution in [3.05, 3.63) is 23.8 Å². The maximum atomic E-state index is 11.6. The Morgan fingerprint density at radius 1 is 1.11 bits per heavy atom. The molecule has 0 aliphatic heterocycles. The molecule has 0 unspecified atom stereocenters. The third-order valence-corrected chi connectivity index (χ3v) is 4.60. The lowest BCUT2D eigenvalue weighted by Crippen LogP contribution is -2.32. The quantitative estimate of drug-likeness (QED) is 0.827. The predicted molar refractivity (Wildman–Crippen MR) is 75.3 cm³/mol. The van der Waals surface area contributed by atoms with E-state index < -0.39 is 15.3 Å². The molecule has 0 bridgehead atoms. The fraction of sp³-hybridized carbons (Fsp3) is 0.538. The van der Waals surface area contributed by atoms with Gasteiger partial charge in [-0.25, -0.2) is 13.1 Å². The molecule has 0 saturated heterocycles. The summed E-state index contributed by atoms with van der Waals surface area (Å²) in [4.78, 5) is 0. The van der Waals surface area contributed by atoms with E-state index >= 15 is 0 Å². The van der Waals surface area contributed by atoms with Gasteiger partial charge < -0.3 is 9.47 Å². The van der Waals surface area contributed by atoms with E-state index in [1.807, 2.05) is 12.1 Å². The second kappa shape index (κ2) is 6.77. The zero-order valence-electron chi connectivity index (χ0n) is 11.8. The smallest absolute Gasteiger partial charge is 0.213 e. The minimum Gasteiger partial charge on any atom is -0.497 e. The number of ether oxygens (including phenoxy) is 2. The summed E-state index contributed by atoms with van der Waals surface area (Å²) in [6.07, 6.45) is 0.583. The van der Waals surface area contributed by atoms with Crippen molar-refractivity contribution < 1.29 is 17.9 Å². The Morgan fingerprint density at radius 3 is 2.05 bits per heavy atom. The highest BCUT2D eigenvalue weighted by molar-refractivity contribution is 7.90. The Bertz CT molecular complexity index is 489. The van der Waals surface area contributed by atoms with Gasteiger partial charge in [0, 0.05) is 12.6 Å². The fourth-order valence-corrected chi connectivity index (χ4v) is 2.23. The number of rotatable bonds is 7. The minimum absolute atomic E-state index is 0.358. The van der Waals surface area contributed by atoms with Gasteiger partial charge in [-0.2, -0.15) is 0 Å². The molecular formula is C13H21NO4S. The molecule has 0 aromatic heterocycles. The van der Waals surface area contributed by atoms with Crippen LogP contribution < -0.4 is 14.2 Å². The van der Waals surface area contributed by atoms with Crippen molar-refractivity contribution >= 4 is 10.0 Å². The second-order valence-corrected chi connectivity index (χ2v) is 6.78. The van der Waals surface area contributed by atoms with Crippen molar-refractivity contribution in [1.29, 1.82) is 0 Å². The monoisotopic (exact) mass is 287 g/mol. The van der Waals surface area contributed by atoms with Gasteiger partial charge in [-0.3, -0.25) is 0 Å². The minimum atomic E-state index is -3.21. The molecule has 6 heteroatoms. The molecule has 0 fully saturated rings. The molecule has 0 amide bonds. The Kier molecular flexibility index (Phi) is 5.62. The van der Waals surface area contributed by atoms with Gasteiger partial charge in [0.05, 0.1) is 19.5 Å². The maximum absolute atomic E-state index is 11.6. The first-order valence-corrected chi connectivity index (χ1v) is 7.64. The number of methoxy groups -OCH3 is 2. The van der Waals surface area contributed by atoms with Crippen molar-refractivity contribution in [2.24, 2.45) is 0 Å². The van der Waals surface area contributed by atoms with Crippen LogP contribution in [0.4, 0.5) is 0 Å². The van der Waals surface area contributed by atoms with Gasteiger partial charge >= 0.3 is 0 Å². The first-order chi connectivity index (χ1) is 8.89. The predicted octanol–water partition coefficient (Wildman–Crippen LogP) is 1.57. The first-order valence-electron chi connectivity index (χ1n) is 6.09. The number of hydrogen-bond donors (Lipinski definition) is 1. The molecule has 19 heavy (non-hydrogen) atoms. The van der Waals surface area contributed by atoms with E-state index in [9.17, 15) is 8.42 Å². The van der Waals surface area contributed by atoms with Gasteiger partial charge in [-0.1, -0.05) is 0 Å². The van der Waals surface area contributed by atoms with Crippen molar-refractivity contribution in [2.45, 2.75) is 25.5 Å². The van der Waals surface area contributed by atoms with Crippen LogP contribution in [-0.4, -0.2) is 34.4 Å². The number of hydrogen-bond acceptors (Lipinski definition) is 4. The van der Waals surface area contributed by atoms with E-state index in [1.165, 1.54) is 0 Å². The topological polar surface area (TPSA) is 64.6 Å². The summed E-state index contributed by atoms with van der Waals surface area (Å²) in [6.45, 7) is 3.66. The molecular weight excluding hydrogens is 266 g/mol. The summed E-state index contributed by atoms with van der Waals surface area (Å²) in [6, 6.07) is 5.51. The van der Waals surface area contributed by atoms with Crippen LogP contribution >= 0.6 is 0 Å². The lowest BCUT2D eigenvalue weighted by Gasteiger charge is -2.11. The zero-order valence-corrected chi connectivity index (χ0v) is 12.6. The number of sulfonamides is 1. The largest absolute Gasteiger partial charge is 0.497 e. The van der Waals surface area contributed by atoms with Gasteiger partial charge in [0.1, 0.15) is 11.5 Å². The summed E-state index contributed by atoms with van der Waals surface area (Å²) >= 11 is 0. The standard InChI is InChI=1S/C13H21NO4S/c1-10(2)19(15,16)14-6-5-11-7-12(17-3)9-13(8-11)18-4/h7-10,14H,5-6H2,1-4H3. The highest BCUT2D eigenvalue weighted by Crippen LogP contribution is 2.22. The Balaban J connectivity index is 2.68. The summed E-state index contributed by atoms with van der Waals surface area (Å²) in [5.41, 5.74) is 0.961. The van der Waals surface area contributed by atoms with Crippen LogP contribution in [0.3, 0.4) is 0 Å². The summed E-state index contributed by atoms with van der Waals surface area (Å²) < 4.78 is 36.1. The summed E-state index contributed by atoms with van der Waals surface area (Å²) in [5, 5.41) is -0.424. The van der Waals surface area contributed by atoms with E-state index in [2.05, 4.69) is 4.72 Å². The molecule has 0 atom stereocenters. The van der Waals surface area contributed by atoms with Crippen LogP contribution in [0.5, 0.6) is 11.5 Å². The highest BCUT2D eigenvalue weighted by Gasteiger charge is 2.14. The molecule has 1 N–H and O–H groups in total. The third kappa shape index (κ3) is 4.72. The third-order valence-electron chi connectivity index (χ3n) is 2.75. The molecule has 1 aromatic rings. The van der Waals surface area contributed by atoms with Gasteiger partial charge in [-0.15, -0.1) is 0 Å². The number of nitrogens with one attached hydrogen (secondary N) is 1. The molecule has 0 heterocycles. The number of benzene rings is 1. The van der Waals surface area contributed by atoms with Gasteiger partial charge in [0.25, 0.3) is 0 Å². The van der Waals surface area contributed by atoms with Crippen LogP contribution in [0.2, 0.25) is 0 Å². The lowest BCUT2D eigenvalue weighted by atomic mass is 10.1. The molecule has 0 radical (unpaired) electrons. The molecule has 1 aromatic carbocycles. The Labute approximate surface area is 115 Å². The van der Waals surface area contributed by atoms with Crippen molar-refractivity contribution in [2.75, 3.05) is 20.8 Å². The van der Waals surface area contributed by atoms with Gasteiger partial charge in [-0.05, 0) is 38.0 Å². The van der Waals surface area contributed by atoms with E-state index in [1.54, 1.807) is 34.1 Å². The average Bonchev–Trinajstić information content (AvgIpc) is 2.37. The van der Waals surface area contributed by atoms with Crippen molar-refractivity contribution in [1.82, 2.24) is 4.72 Å². The normalized spacial score (nSPS) is 11.6. The first kappa shape index (κ1) is 15.8. The van der Waals surface area contributed by atoms with Crippen molar-refractivity contribution in [3.63, 3.8) is 0 Å². The van der Waals surface area contributed by atoms with Crippen LogP contribution in [0.1, 0.15) is 19.4 Å². The molecule has 0 aliphatic rings. The van der Waals surface area contributed by atoms with Crippen LogP contribution in [0, 0.1) is 0 Å². The van der Waals surface area contributed by atoms with E-state index in [0.717, 1.165) is 5.56 Å². The van der Waals surface area contributed by atoms with Crippen LogP contribution in [0.15, 0.2) is 18.2 Å². The average molecular weight is 287 g/mol. The Hall–Kier alpha value is -1.27. The van der Waals surface area contributed by atoms with Crippen molar-refractivity contribution in [3.8, 4) is 11.5 Å². The van der Waals surface area contributed by atoms with Gasteiger partial charge in [0.2, 0.25) is 10.0 Å². The zero-order chi connectivity index (χ0) is 14.5. The van der Waals surface area contributed by atoms with E-state index in [-0.39, 0.29) is 0 Å². The molecule has 108 valence electrons.